The van der Waals surface area contributed by atoms with E-state index in [1.807, 2.05) is 0 Å². The molecule has 0 bridgehead atoms. The molecular formula is C24H17Cl2FN2O5. The number of nitrogens with one attached hydrogen (secondary N) is 2. The SMILES string of the molecule is O=C(OCc1ccccc1)OC1(C(=O)NCc2ccc(Cl)c(Cl)c2)C(=O)Nc2c(F)cccc21. The van der Waals surface area contributed by atoms with E-state index in [2.05, 4.69) is 10.6 Å². The predicted molar refractivity (Wildman–Crippen MR) is 123 cm³/mol. The van der Waals surface area contributed by atoms with Crippen LogP contribution in [0.4, 0.5) is 14.9 Å². The van der Waals surface area contributed by atoms with Gasteiger partial charge < -0.3 is 20.1 Å². The summed E-state index contributed by atoms with van der Waals surface area (Å²) in [6.45, 7) is -0.226. The maximum absolute atomic E-state index is 14.4. The highest BCUT2D eigenvalue weighted by Crippen LogP contribution is 2.41. The lowest BCUT2D eigenvalue weighted by atomic mass is 9.93. The number of benzene rings is 3. The molecule has 0 aromatic heterocycles. The van der Waals surface area contributed by atoms with E-state index in [0.29, 0.717) is 16.1 Å². The Bertz CT molecular complexity index is 1270. The van der Waals surface area contributed by atoms with Crippen LogP contribution in [0.25, 0.3) is 0 Å². The fraction of sp³-hybridized carbons (Fsp3) is 0.125. The number of anilines is 1. The van der Waals surface area contributed by atoms with E-state index in [-0.39, 0.29) is 29.4 Å². The van der Waals surface area contributed by atoms with Crippen molar-refractivity contribution in [3.05, 3.63) is 99.3 Å². The smallest absolute Gasteiger partial charge is 0.429 e. The number of halogens is 3. The minimum atomic E-state index is -2.50. The van der Waals surface area contributed by atoms with E-state index in [4.69, 9.17) is 32.7 Å². The van der Waals surface area contributed by atoms with Gasteiger partial charge in [0.2, 0.25) is 0 Å². The lowest BCUT2D eigenvalue weighted by molar-refractivity contribution is -0.154. The second kappa shape index (κ2) is 9.70. The maximum Gasteiger partial charge on any atom is 0.510 e. The third-order valence-corrected chi connectivity index (χ3v) is 5.88. The largest absolute Gasteiger partial charge is 0.510 e. The van der Waals surface area contributed by atoms with Gasteiger partial charge in [0.05, 0.1) is 15.7 Å². The number of carbonyl (C=O) groups is 3. The topological polar surface area (TPSA) is 93.7 Å². The molecule has 2 N–H and O–H groups in total. The molecule has 4 rings (SSSR count). The highest BCUT2D eigenvalue weighted by atomic mass is 35.5. The van der Waals surface area contributed by atoms with Crippen LogP contribution >= 0.6 is 23.2 Å². The number of hydrogen-bond donors (Lipinski definition) is 2. The minimum absolute atomic E-state index is 0.0716. The van der Waals surface area contributed by atoms with Gasteiger partial charge in [0.1, 0.15) is 12.4 Å². The molecule has 1 atom stereocenters. The summed E-state index contributed by atoms with van der Waals surface area (Å²) in [6, 6.07) is 17.2. The Morgan fingerprint density at radius 2 is 1.74 bits per heavy atom. The van der Waals surface area contributed by atoms with E-state index in [1.165, 1.54) is 18.2 Å². The third-order valence-electron chi connectivity index (χ3n) is 5.14. The Labute approximate surface area is 203 Å². The fourth-order valence-corrected chi connectivity index (χ4v) is 3.79. The summed E-state index contributed by atoms with van der Waals surface area (Å²) in [7, 11) is 0. The molecule has 1 unspecified atom stereocenters. The molecule has 10 heteroatoms. The lowest BCUT2D eigenvalue weighted by Gasteiger charge is -2.26. The molecule has 0 saturated heterocycles. The van der Waals surface area contributed by atoms with Crippen molar-refractivity contribution in [2.24, 2.45) is 0 Å². The normalized spacial score (nSPS) is 16.4. The molecule has 1 aliphatic heterocycles. The first kappa shape index (κ1) is 23.5. The van der Waals surface area contributed by atoms with E-state index >= 15 is 0 Å². The summed E-state index contributed by atoms with van der Waals surface area (Å²) in [6.07, 6.45) is -1.28. The molecular weight excluding hydrogens is 486 g/mol. The first-order chi connectivity index (χ1) is 16.3. The van der Waals surface area contributed by atoms with E-state index < -0.39 is 29.4 Å². The van der Waals surface area contributed by atoms with Crippen molar-refractivity contribution in [3.8, 4) is 0 Å². The monoisotopic (exact) mass is 502 g/mol. The van der Waals surface area contributed by atoms with Crippen LogP contribution in [-0.4, -0.2) is 18.0 Å². The minimum Gasteiger partial charge on any atom is -0.429 e. The Balaban J connectivity index is 1.60. The summed E-state index contributed by atoms with van der Waals surface area (Å²) >= 11 is 11.9. The van der Waals surface area contributed by atoms with Crippen LogP contribution in [0.5, 0.6) is 0 Å². The van der Waals surface area contributed by atoms with Crippen molar-refractivity contribution in [2.75, 3.05) is 5.32 Å². The van der Waals surface area contributed by atoms with Crippen LogP contribution in [0.3, 0.4) is 0 Å². The van der Waals surface area contributed by atoms with Crippen LogP contribution in [0.2, 0.25) is 10.0 Å². The number of amides is 2. The van der Waals surface area contributed by atoms with Gasteiger partial charge in [-0.05, 0) is 29.3 Å². The Morgan fingerprint density at radius 1 is 0.971 bits per heavy atom. The molecule has 1 aliphatic rings. The summed E-state index contributed by atoms with van der Waals surface area (Å²) in [5.41, 5.74) is -1.67. The zero-order valence-corrected chi connectivity index (χ0v) is 19.0. The van der Waals surface area contributed by atoms with Crippen LogP contribution < -0.4 is 10.6 Å². The van der Waals surface area contributed by atoms with Crippen molar-refractivity contribution >= 4 is 46.9 Å². The van der Waals surface area contributed by atoms with Crippen molar-refractivity contribution in [3.63, 3.8) is 0 Å². The summed E-state index contributed by atoms with van der Waals surface area (Å²) in [4.78, 5) is 38.8. The Hall–Kier alpha value is -3.62. The zero-order valence-electron chi connectivity index (χ0n) is 17.4. The van der Waals surface area contributed by atoms with Gasteiger partial charge in [-0.1, -0.05) is 71.7 Å². The Kier molecular flexibility index (Phi) is 6.72. The zero-order chi connectivity index (χ0) is 24.3. The fourth-order valence-electron chi connectivity index (χ4n) is 3.47. The standard InChI is InChI=1S/C24H17Cl2FN2O5/c25-17-10-9-15(11-18(17)26)12-28-21(30)24(16-7-4-8-19(27)20(16)29-22(24)31)34-23(32)33-13-14-5-2-1-3-6-14/h1-11H,12-13H2,(H,28,30)(H,29,31). The van der Waals surface area contributed by atoms with Crippen LogP contribution in [0, 0.1) is 5.82 Å². The number of carbonyl (C=O) groups excluding carboxylic acids is 3. The first-order valence-electron chi connectivity index (χ1n) is 10.0. The first-order valence-corrected chi connectivity index (χ1v) is 10.8. The highest BCUT2D eigenvalue weighted by Gasteiger charge is 2.58. The third kappa shape index (κ3) is 4.55. The average Bonchev–Trinajstić information content (AvgIpc) is 3.12. The number of para-hydroxylation sites is 1. The van der Waals surface area contributed by atoms with Gasteiger partial charge >= 0.3 is 6.16 Å². The van der Waals surface area contributed by atoms with E-state index in [9.17, 15) is 18.8 Å². The maximum atomic E-state index is 14.4. The molecule has 174 valence electrons. The quantitative estimate of drug-likeness (QED) is 0.367. The van der Waals surface area contributed by atoms with Crippen molar-refractivity contribution in [2.45, 2.75) is 18.8 Å². The van der Waals surface area contributed by atoms with Crippen LogP contribution in [0.1, 0.15) is 16.7 Å². The van der Waals surface area contributed by atoms with Crippen molar-refractivity contribution in [1.82, 2.24) is 5.32 Å². The second-order valence-electron chi connectivity index (χ2n) is 7.36. The number of rotatable bonds is 6. The number of fused-ring (bicyclic) bond motifs is 1. The van der Waals surface area contributed by atoms with Crippen LogP contribution in [-0.2, 0) is 37.8 Å². The molecule has 7 nitrogen and oxygen atoms in total. The van der Waals surface area contributed by atoms with Gasteiger partial charge in [-0.2, -0.15) is 0 Å². The summed E-state index contributed by atoms with van der Waals surface area (Å²) in [5.74, 6) is -2.81. The van der Waals surface area contributed by atoms with E-state index in [0.717, 1.165) is 6.07 Å². The van der Waals surface area contributed by atoms with E-state index in [1.54, 1.807) is 42.5 Å². The molecule has 1 heterocycles. The molecule has 0 saturated carbocycles. The number of ether oxygens (including phenoxy) is 2. The van der Waals surface area contributed by atoms with Gasteiger partial charge in [-0.15, -0.1) is 0 Å². The molecule has 34 heavy (non-hydrogen) atoms. The predicted octanol–water partition coefficient (Wildman–Crippen LogP) is 4.95. The molecule has 3 aromatic carbocycles. The van der Waals surface area contributed by atoms with Gasteiger partial charge in [0.15, 0.2) is 0 Å². The van der Waals surface area contributed by atoms with Gasteiger partial charge in [0.25, 0.3) is 17.4 Å². The number of hydrogen-bond acceptors (Lipinski definition) is 5. The average molecular weight is 503 g/mol. The van der Waals surface area contributed by atoms with Gasteiger partial charge in [-0.3, -0.25) is 9.59 Å². The molecule has 2 amide bonds. The van der Waals surface area contributed by atoms with Gasteiger partial charge in [0, 0.05) is 12.1 Å². The highest BCUT2D eigenvalue weighted by molar-refractivity contribution is 6.42. The molecule has 0 spiro atoms. The molecule has 0 aliphatic carbocycles. The van der Waals surface area contributed by atoms with Gasteiger partial charge in [-0.25, -0.2) is 9.18 Å². The molecule has 0 radical (unpaired) electrons. The second-order valence-corrected chi connectivity index (χ2v) is 8.17. The summed E-state index contributed by atoms with van der Waals surface area (Å²) < 4.78 is 24.8. The summed E-state index contributed by atoms with van der Waals surface area (Å²) in [5, 5.41) is 5.43. The van der Waals surface area contributed by atoms with Crippen molar-refractivity contribution < 1.29 is 28.2 Å². The molecule has 3 aromatic rings. The lowest BCUT2D eigenvalue weighted by Crippen LogP contribution is -2.52. The van der Waals surface area contributed by atoms with Crippen LogP contribution in [0.15, 0.2) is 66.7 Å². The Morgan fingerprint density at radius 3 is 2.47 bits per heavy atom. The molecule has 0 fully saturated rings. The van der Waals surface area contributed by atoms with Crippen molar-refractivity contribution in [1.29, 1.82) is 0 Å².